The Hall–Kier alpha value is -2.95. The first kappa shape index (κ1) is 15.0. The SMILES string of the molecule is O=C1/C(=C\c2cccc([N+](=O)[O-])c2)CCC/C1=C/c1ccco1. The number of carbonyl (C=O) groups excluding carboxylic acids is 1. The van der Waals surface area contributed by atoms with Crippen LogP contribution in [0, 0.1) is 10.1 Å². The molecule has 5 nitrogen and oxygen atoms in total. The molecule has 0 bridgehead atoms. The van der Waals surface area contributed by atoms with Crippen LogP contribution in [0.15, 0.2) is 58.2 Å². The molecule has 0 N–H and O–H groups in total. The average Bonchev–Trinajstić information content (AvgIpc) is 3.04. The largest absolute Gasteiger partial charge is 0.465 e. The fraction of sp³-hybridized carbons (Fsp3) is 0.167. The van der Waals surface area contributed by atoms with Crippen molar-refractivity contribution in [2.45, 2.75) is 19.3 Å². The Labute approximate surface area is 133 Å². The number of Topliss-reactive ketones (excluding diaryl/α,β-unsaturated/α-hetero) is 1. The molecule has 1 aliphatic rings. The Bertz CT molecular complexity index is 800. The number of nitro groups is 1. The van der Waals surface area contributed by atoms with Crippen molar-refractivity contribution in [2.24, 2.45) is 0 Å². The van der Waals surface area contributed by atoms with E-state index in [4.69, 9.17) is 4.42 Å². The quantitative estimate of drug-likeness (QED) is 0.478. The second kappa shape index (κ2) is 6.44. The summed E-state index contributed by atoms with van der Waals surface area (Å²) in [7, 11) is 0. The zero-order valence-corrected chi connectivity index (χ0v) is 12.4. The van der Waals surface area contributed by atoms with E-state index in [0.29, 0.717) is 35.3 Å². The standard InChI is InChI=1S/C18H15NO4/c20-18-14(10-13-4-1-7-16(11-13)19(21)22)5-2-6-15(18)12-17-8-3-9-23-17/h1,3-4,7-12H,2,5-6H2/b14-10-,15-12-. The van der Waals surface area contributed by atoms with Crippen LogP contribution in [0.3, 0.4) is 0 Å². The Morgan fingerprint density at radius 3 is 2.57 bits per heavy atom. The maximum atomic E-state index is 12.6. The summed E-state index contributed by atoms with van der Waals surface area (Å²) < 4.78 is 5.26. The van der Waals surface area contributed by atoms with Crippen LogP contribution in [-0.4, -0.2) is 10.7 Å². The minimum absolute atomic E-state index is 0.0147. The van der Waals surface area contributed by atoms with Crippen LogP contribution < -0.4 is 0 Å². The van der Waals surface area contributed by atoms with Gasteiger partial charge in [-0.15, -0.1) is 0 Å². The van der Waals surface area contributed by atoms with Crippen molar-refractivity contribution in [3.8, 4) is 0 Å². The molecule has 1 fully saturated rings. The molecule has 0 saturated heterocycles. The van der Waals surface area contributed by atoms with Gasteiger partial charge in [-0.3, -0.25) is 14.9 Å². The first-order valence-electron chi connectivity index (χ1n) is 7.37. The number of hydrogen-bond acceptors (Lipinski definition) is 4. The zero-order valence-electron chi connectivity index (χ0n) is 12.4. The van der Waals surface area contributed by atoms with Crippen molar-refractivity contribution < 1.29 is 14.1 Å². The molecule has 0 atom stereocenters. The highest BCUT2D eigenvalue weighted by atomic mass is 16.6. The van der Waals surface area contributed by atoms with Gasteiger partial charge in [-0.25, -0.2) is 0 Å². The van der Waals surface area contributed by atoms with E-state index in [1.165, 1.54) is 12.1 Å². The molecule has 1 aromatic carbocycles. The lowest BCUT2D eigenvalue weighted by molar-refractivity contribution is -0.384. The van der Waals surface area contributed by atoms with Gasteiger partial charge in [0.1, 0.15) is 5.76 Å². The number of furan rings is 1. The van der Waals surface area contributed by atoms with Crippen LogP contribution in [0.5, 0.6) is 0 Å². The van der Waals surface area contributed by atoms with Crippen molar-refractivity contribution in [3.05, 3.63) is 75.2 Å². The summed E-state index contributed by atoms with van der Waals surface area (Å²) in [5.74, 6) is 0.643. The highest BCUT2D eigenvalue weighted by Crippen LogP contribution is 2.28. The first-order chi connectivity index (χ1) is 11.1. The highest BCUT2D eigenvalue weighted by Gasteiger charge is 2.21. The molecule has 1 saturated carbocycles. The van der Waals surface area contributed by atoms with Crippen molar-refractivity contribution in [3.63, 3.8) is 0 Å². The van der Waals surface area contributed by atoms with Gasteiger partial charge in [0.2, 0.25) is 0 Å². The third-order valence-electron chi connectivity index (χ3n) is 3.76. The van der Waals surface area contributed by atoms with Crippen LogP contribution >= 0.6 is 0 Å². The number of rotatable bonds is 3. The van der Waals surface area contributed by atoms with Crippen LogP contribution in [0.2, 0.25) is 0 Å². The van der Waals surface area contributed by atoms with E-state index in [-0.39, 0.29) is 11.5 Å². The van der Waals surface area contributed by atoms with E-state index in [0.717, 1.165) is 6.42 Å². The average molecular weight is 309 g/mol. The fourth-order valence-corrected chi connectivity index (χ4v) is 2.65. The minimum atomic E-state index is -0.438. The van der Waals surface area contributed by atoms with Gasteiger partial charge in [0.25, 0.3) is 5.69 Å². The lowest BCUT2D eigenvalue weighted by Crippen LogP contribution is -2.12. The summed E-state index contributed by atoms with van der Waals surface area (Å²) in [4.78, 5) is 23.0. The fourth-order valence-electron chi connectivity index (χ4n) is 2.65. The normalized spacial score (nSPS) is 18.5. The van der Waals surface area contributed by atoms with E-state index in [9.17, 15) is 14.9 Å². The topological polar surface area (TPSA) is 73.3 Å². The molecule has 2 aromatic rings. The molecule has 0 radical (unpaired) electrons. The molecule has 1 aliphatic carbocycles. The van der Waals surface area contributed by atoms with Gasteiger partial charge in [0, 0.05) is 23.3 Å². The molecule has 116 valence electrons. The predicted molar refractivity (Wildman–Crippen MR) is 86.6 cm³/mol. The number of non-ortho nitro benzene ring substituents is 1. The Kier molecular flexibility index (Phi) is 4.19. The summed E-state index contributed by atoms with van der Waals surface area (Å²) in [5, 5.41) is 10.8. The predicted octanol–water partition coefficient (Wildman–Crippen LogP) is 4.41. The van der Waals surface area contributed by atoms with Crippen molar-refractivity contribution in [1.82, 2.24) is 0 Å². The lowest BCUT2D eigenvalue weighted by Gasteiger charge is -2.16. The van der Waals surface area contributed by atoms with E-state index in [1.54, 1.807) is 42.7 Å². The van der Waals surface area contributed by atoms with Gasteiger partial charge in [0.05, 0.1) is 11.2 Å². The summed E-state index contributed by atoms with van der Waals surface area (Å²) in [6.45, 7) is 0. The number of carbonyl (C=O) groups is 1. The van der Waals surface area contributed by atoms with E-state index in [2.05, 4.69) is 0 Å². The van der Waals surface area contributed by atoms with Crippen molar-refractivity contribution >= 4 is 23.6 Å². The maximum Gasteiger partial charge on any atom is 0.270 e. The molecular formula is C18H15NO4. The van der Waals surface area contributed by atoms with Gasteiger partial charge in [-0.2, -0.15) is 0 Å². The van der Waals surface area contributed by atoms with Gasteiger partial charge in [0.15, 0.2) is 5.78 Å². The molecule has 0 amide bonds. The molecular weight excluding hydrogens is 294 g/mol. The highest BCUT2D eigenvalue weighted by molar-refractivity contribution is 6.13. The Morgan fingerprint density at radius 1 is 1.09 bits per heavy atom. The van der Waals surface area contributed by atoms with E-state index in [1.807, 2.05) is 0 Å². The second-order valence-electron chi connectivity index (χ2n) is 5.39. The summed E-state index contributed by atoms with van der Waals surface area (Å²) in [6.07, 6.45) is 7.34. The van der Waals surface area contributed by atoms with E-state index < -0.39 is 4.92 Å². The summed E-state index contributed by atoms with van der Waals surface area (Å²) in [5.41, 5.74) is 2.08. The van der Waals surface area contributed by atoms with Gasteiger partial charge >= 0.3 is 0 Å². The van der Waals surface area contributed by atoms with E-state index >= 15 is 0 Å². The zero-order chi connectivity index (χ0) is 16.2. The molecule has 1 heterocycles. The molecule has 23 heavy (non-hydrogen) atoms. The monoisotopic (exact) mass is 309 g/mol. The first-order valence-corrected chi connectivity index (χ1v) is 7.37. The number of benzene rings is 1. The molecule has 0 unspecified atom stereocenters. The lowest BCUT2D eigenvalue weighted by atomic mass is 9.87. The Morgan fingerprint density at radius 2 is 1.87 bits per heavy atom. The van der Waals surface area contributed by atoms with Gasteiger partial charge in [-0.1, -0.05) is 12.1 Å². The van der Waals surface area contributed by atoms with Crippen LogP contribution in [0.4, 0.5) is 5.69 Å². The molecule has 5 heteroatoms. The van der Waals surface area contributed by atoms with Crippen LogP contribution in [0.1, 0.15) is 30.6 Å². The minimum Gasteiger partial charge on any atom is -0.465 e. The molecule has 0 spiro atoms. The Balaban J connectivity index is 1.89. The van der Waals surface area contributed by atoms with Crippen molar-refractivity contribution in [2.75, 3.05) is 0 Å². The van der Waals surface area contributed by atoms with Gasteiger partial charge < -0.3 is 4.42 Å². The molecule has 0 aliphatic heterocycles. The maximum absolute atomic E-state index is 12.6. The van der Waals surface area contributed by atoms with Gasteiger partial charge in [-0.05, 0) is 49.1 Å². The molecule has 3 rings (SSSR count). The number of nitrogens with zero attached hydrogens (tertiary/aromatic N) is 1. The second-order valence-corrected chi connectivity index (χ2v) is 5.39. The molecule has 1 aromatic heterocycles. The third kappa shape index (κ3) is 3.45. The summed E-state index contributed by atoms with van der Waals surface area (Å²) in [6, 6.07) is 9.88. The third-order valence-corrected chi connectivity index (χ3v) is 3.76. The smallest absolute Gasteiger partial charge is 0.270 e. The van der Waals surface area contributed by atoms with Crippen molar-refractivity contribution in [1.29, 1.82) is 0 Å². The van der Waals surface area contributed by atoms with Crippen LogP contribution in [0.25, 0.3) is 12.2 Å². The van der Waals surface area contributed by atoms with Crippen LogP contribution in [-0.2, 0) is 4.79 Å². The number of nitro benzene ring substituents is 1. The number of hydrogen-bond donors (Lipinski definition) is 0. The number of ketones is 1. The summed E-state index contributed by atoms with van der Waals surface area (Å²) >= 11 is 0. The number of allylic oxidation sites excluding steroid dienone is 2.